The molecule has 0 fully saturated rings. The summed E-state index contributed by atoms with van der Waals surface area (Å²) in [6.45, 7) is 0. The Hall–Kier alpha value is -0.577. The van der Waals surface area contributed by atoms with Crippen LogP contribution in [0, 0.1) is 6.07 Å². The third kappa shape index (κ3) is 3.82. The predicted molar refractivity (Wildman–Crippen MR) is 35.3 cm³/mol. The molecule has 0 aromatic heterocycles. The van der Waals surface area contributed by atoms with Crippen molar-refractivity contribution in [3.63, 3.8) is 0 Å². The van der Waals surface area contributed by atoms with Crippen LogP contribution in [0.4, 0.5) is 26.3 Å². The van der Waals surface area contributed by atoms with Crippen molar-refractivity contribution in [1.29, 1.82) is 0 Å². The van der Waals surface area contributed by atoms with E-state index in [2.05, 4.69) is 0 Å². The molecule has 0 aliphatic carbocycles. The Bertz CT molecular complexity index is 297. The number of hydrogen-bond acceptors (Lipinski definition) is 0. The molecule has 0 saturated heterocycles. The summed E-state index contributed by atoms with van der Waals surface area (Å²) < 4.78 is 71.8. The third-order valence-electron chi connectivity index (χ3n) is 1.44. The van der Waals surface area contributed by atoms with Crippen LogP contribution in [-0.4, -0.2) is 0 Å². The van der Waals surface area contributed by atoms with E-state index in [4.69, 9.17) is 0 Å². The van der Waals surface area contributed by atoms with Gasteiger partial charge in [-0.15, -0.1) is 6.07 Å². The van der Waals surface area contributed by atoms with Crippen molar-refractivity contribution in [1.82, 2.24) is 0 Å². The molecule has 0 atom stereocenters. The van der Waals surface area contributed by atoms with Crippen LogP contribution in [0.15, 0.2) is 18.2 Å². The molecule has 0 amide bonds. The molecule has 0 nitrogen and oxygen atoms in total. The molecular formula is C8H3F6Zn-. The fourth-order valence-corrected chi connectivity index (χ4v) is 0.799. The van der Waals surface area contributed by atoms with Crippen LogP contribution in [0.5, 0.6) is 0 Å². The Morgan fingerprint density at radius 3 is 1.40 bits per heavy atom. The Morgan fingerprint density at radius 1 is 0.800 bits per heavy atom. The average Bonchev–Trinajstić information content (AvgIpc) is 2.01. The zero-order valence-corrected chi connectivity index (χ0v) is 10.2. The number of alkyl halides is 6. The van der Waals surface area contributed by atoms with Crippen molar-refractivity contribution in [2.45, 2.75) is 12.4 Å². The van der Waals surface area contributed by atoms with E-state index in [0.717, 1.165) is 0 Å². The first kappa shape index (κ1) is 14.4. The molecule has 0 heterocycles. The van der Waals surface area contributed by atoms with Crippen LogP contribution in [0.1, 0.15) is 11.1 Å². The normalized spacial score (nSPS) is 12.1. The molecule has 1 rings (SSSR count). The molecule has 0 unspecified atom stereocenters. The number of rotatable bonds is 0. The van der Waals surface area contributed by atoms with Crippen molar-refractivity contribution in [2.24, 2.45) is 0 Å². The van der Waals surface area contributed by atoms with Crippen molar-refractivity contribution in [3.8, 4) is 0 Å². The molecular weight excluding hydrogens is 275 g/mol. The van der Waals surface area contributed by atoms with E-state index in [1.165, 1.54) is 0 Å². The van der Waals surface area contributed by atoms with Gasteiger partial charge in [0.05, 0.1) is 0 Å². The fourth-order valence-electron chi connectivity index (χ4n) is 0.799. The number of benzene rings is 1. The molecule has 0 saturated carbocycles. The standard InChI is InChI=1S/C8H3F6.Zn/c9-7(10,11)5-2-1-3-6(4-5)8(12,13)14;/h2-4H;/q-1;. The molecule has 80 valence electrons. The molecule has 7 heteroatoms. The van der Waals surface area contributed by atoms with Crippen molar-refractivity contribution < 1.29 is 45.8 Å². The molecule has 0 spiro atoms. The summed E-state index contributed by atoms with van der Waals surface area (Å²) in [4.78, 5) is 0. The van der Waals surface area contributed by atoms with Crippen LogP contribution in [-0.2, 0) is 31.8 Å². The van der Waals surface area contributed by atoms with Gasteiger partial charge in [0.25, 0.3) is 0 Å². The Labute approximate surface area is 94.0 Å². The Balaban J connectivity index is 0.00000196. The minimum Gasteiger partial charge on any atom is -0.183 e. The summed E-state index contributed by atoms with van der Waals surface area (Å²) in [6.07, 6.45) is -9.56. The van der Waals surface area contributed by atoms with Gasteiger partial charge in [-0.1, -0.05) is 11.1 Å². The summed E-state index contributed by atoms with van der Waals surface area (Å²) in [5.41, 5.74) is -2.71. The molecule has 0 radical (unpaired) electrons. The van der Waals surface area contributed by atoms with E-state index in [1.807, 2.05) is 0 Å². The van der Waals surface area contributed by atoms with Gasteiger partial charge in [-0.25, -0.2) is 0 Å². The molecule has 1 aromatic carbocycles. The number of hydrogen-bond donors (Lipinski definition) is 0. The van der Waals surface area contributed by atoms with E-state index >= 15 is 0 Å². The Kier molecular flexibility index (Phi) is 4.34. The van der Waals surface area contributed by atoms with Gasteiger partial charge in [-0.3, -0.25) is 0 Å². The third-order valence-corrected chi connectivity index (χ3v) is 1.44. The van der Waals surface area contributed by atoms with Gasteiger partial charge in [-0.2, -0.15) is 44.5 Å². The van der Waals surface area contributed by atoms with E-state index in [1.54, 1.807) is 6.07 Å². The maximum Gasteiger partial charge on any atom is 0.370 e. The second-order valence-electron chi connectivity index (χ2n) is 2.51. The zero-order valence-electron chi connectivity index (χ0n) is 7.21. The van der Waals surface area contributed by atoms with E-state index < -0.39 is 23.5 Å². The maximum absolute atomic E-state index is 12.0. The van der Waals surface area contributed by atoms with E-state index in [0.29, 0.717) is 12.1 Å². The van der Waals surface area contributed by atoms with Crippen molar-refractivity contribution in [2.75, 3.05) is 0 Å². The van der Waals surface area contributed by atoms with E-state index in [-0.39, 0.29) is 25.5 Å². The van der Waals surface area contributed by atoms with Gasteiger partial charge in [0.15, 0.2) is 0 Å². The number of halogens is 6. The zero-order chi connectivity index (χ0) is 11.0. The van der Waals surface area contributed by atoms with Crippen LogP contribution >= 0.6 is 0 Å². The molecule has 0 N–H and O–H groups in total. The molecule has 15 heavy (non-hydrogen) atoms. The van der Waals surface area contributed by atoms with Crippen LogP contribution < -0.4 is 0 Å². The van der Waals surface area contributed by atoms with Gasteiger partial charge < -0.3 is 0 Å². The van der Waals surface area contributed by atoms with Crippen LogP contribution in [0.3, 0.4) is 0 Å². The quantitative estimate of drug-likeness (QED) is 0.387. The Morgan fingerprint density at radius 2 is 1.13 bits per heavy atom. The summed E-state index contributed by atoms with van der Waals surface area (Å²) in [5.74, 6) is 0. The van der Waals surface area contributed by atoms with Crippen LogP contribution in [0.25, 0.3) is 0 Å². The largest absolute Gasteiger partial charge is 0.370 e. The minimum atomic E-state index is -4.78. The molecule has 1 aromatic rings. The summed E-state index contributed by atoms with van der Waals surface area (Å²) in [6, 6.07) is 2.79. The molecule has 0 bridgehead atoms. The molecule has 0 aliphatic heterocycles. The summed E-state index contributed by atoms with van der Waals surface area (Å²) >= 11 is 0. The first-order chi connectivity index (χ1) is 6.21. The van der Waals surface area contributed by atoms with E-state index in [9.17, 15) is 26.3 Å². The summed E-state index contributed by atoms with van der Waals surface area (Å²) in [7, 11) is 0. The maximum atomic E-state index is 12.0. The fraction of sp³-hybridized carbons (Fsp3) is 0.250. The van der Waals surface area contributed by atoms with Gasteiger partial charge in [0.1, 0.15) is 0 Å². The smallest absolute Gasteiger partial charge is 0.183 e. The van der Waals surface area contributed by atoms with Gasteiger partial charge >= 0.3 is 12.4 Å². The summed E-state index contributed by atoms with van der Waals surface area (Å²) in [5, 5.41) is 0. The first-order valence-electron chi connectivity index (χ1n) is 3.37. The van der Waals surface area contributed by atoms with Gasteiger partial charge in [0.2, 0.25) is 0 Å². The second kappa shape index (κ2) is 4.51. The average molecular weight is 278 g/mol. The first-order valence-corrected chi connectivity index (χ1v) is 3.37. The minimum absolute atomic E-state index is 0. The van der Waals surface area contributed by atoms with Crippen molar-refractivity contribution in [3.05, 3.63) is 35.4 Å². The van der Waals surface area contributed by atoms with Gasteiger partial charge in [0, 0.05) is 19.5 Å². The van der Waals surface area contributed by atoms with Crippen LogP contribution in [0.2, 0.25) is 0 Å². The SMILES string of the molecule is FC(F)(F)c1c[c-]cc(C(F)(F)F)c1.[Zn]. The second-order valence-corrected chi connectivity index (χ2v) is 2.51. The predicted octanol–water partition coefficient (Wildman–Crippen LogP) is 3.52. The topological polar surface area (TPSA) is 0 Å². The van der Waals surface area contributed by atoms with Crippen molar-refractivity contribution >= 4 is 0 Å². The van der Waals surface area contributed by atoms with Gasteiger partial charge in [-0.05, 0) is 0 Å². The molecule has 0 aliphatic rings. The monoisotopic (exact) mass is 277 g/mol.